The summed E-state index contributed by atoms with van der Waals surface area (Å²) in [5, 5.41) is 12.8. The number of carbonyl (C=O) groups is 1. The van der Waals surface area contributed by atoms with Gasteiger partial charge in [-0.05, 0) is 18.6 Å². The van der Waals surface area contributed by atoms with E-state index in [1.54, 1.807) is 12.1 Å². The molecule has 0 bridgehead atoms. The van der Waals surface area contributed by atoms with Crippen molar-refractivity contribution >= 4 is 16.9 Å². The number of halogens is 1. The smallest absolute Gasteiger partial charge is 0.307 e. The second kappa shape index (κ2) is 4.10. The molecule has 1 aromatic heterocycles. The lowest BCUT2D eigenvalue weighted by Gasteiger charge is -2.11. The Labute approximate surface area is 102 Å². The highest BCUT2D eigenvalue weighted by atomic mass is 19.1. The van der Waals surface area contributed by atoms with Gasteiger partial charge in [-0.1, -0.05) is 0 Å². The number of aliphatic carboxylic acids is 1. The molecule has 1 saturated heterocycles. The summed E-state index contributed by atoms with van der Waals surface area (Å²) in [7, 11) is 0. The van der Waals surface area contributed by atoms with Gasteiger partial charge in [-0.15, -0.1) is 0 Å². The second-order valence-electron chi connectivity index (χ2n) is 4.56. The standard InChI is InChI=1S/C13H12FNO3/c14-10-5-12-7(1-2-18-12)3-9(10)11-4-8(6-15-11)13(16)17/h1-3,5,8,11,15H,4,6H2,(H,16,17). The maximum atomic E-state index is 13.9. The third kappa shape index (κ3) is 1.76. The van der Waals surface area contributed by atoms with Gasteiger partial charge in [0.25, 0.3) is 0 Å². The summed E-state index contributed by atoms with van der Waals surface area (Å²) in [6.45, 7) is 0.378. The second-order valence-corrected chi connectivity index (χ2v) is 4.56. The van der Waals surface area contributed by atoms with E-state index >= 15 is 0 Å². The van der Waals surface area contributed by atoms with Gasteiger partial charge in [0, 0.05) is 29.6 Å². The molecule has 0 radical (unpaired) electrons. The monoisotopic (exact) mass is 249 g/mol. The van der Waals surface area contributed by atoms with Crippen LogP contribution in [0, 0.1) is 11.7 Å². The molecule has 1 aromatic carbocycles. The fraction of sp³-hybridized carbons (Fsp3) is 0.308. The fourth-order valence-corrected chi connectivity index (χ4v) is 2.43. The molecule has 4 nitrogen and oxygen atoms in total. The van der Waals surface area contributed by atoms with Gasteiger partial charge < -0.3 is 14.8 Å². The first-order chi connectivity index (χ1) is 8.65. The molecule has 2 aromatic rings. The molecule has 0 aliphatic carbocycles. The molecular formula is C13H12FNO3. The van der Waals surface area contributed by atoms with Crippen molar-refractivity contribution in [1.29, 1.82) is 0 Å². The molecule has 1 aliphatic rings. The Morgan fingerprint density at radius 2 is 2.33 bits per heavy atom. The van der Waals surface area contributed by atoms with Crippen molar-refractivity contribution in [2.45, 2.75) is 12.5 Å². The zero-order valence-electron chi connectivity index (χ0n) is 9.52. The topological polar surface area (TPSA) is 62.5 Å². The number of benzene rings is 1. The lowest BCUT2D eigenvalue weighted by Crippen LogP contribution is -2.17. The van der Waals surface area contributed by atoms with Crippen molar-refractivity contribution in [1.82, 2.24) is 5.32 Å². The molecule has 1 fully saturated rings. The predicted octanol–water partition coefficient (Wildman–Crippen LogP) is 2.31. The minimum atomic E-state index is -0.838. The predicted molar refractivity (Wildman–Crippen MR) is 62.7 cm³/mol. The van der Waals surface area contributed by atoms with Crippen LogP contribution in [-0.4, -0.2) is 17.6 Å². The maximum Gasteiger partial charge on any atom is 0.307 e. The van der Waals surface area contributed by atoms with Crippen LogP contribution in [0.2, 0.25) is 0 Å². The van der Waals surface area contributed by atoms with Crippen LogP contribution >= 0.6 is 0 Å². The van der Waals surface area contributed by atoms with Gasteiger partial charge in [-0.25, -0.2) is 4.39 Å². The molecule has 1 aliphatic heterocycles. The van der Waals surface area contributed by atoms with Crippen LogP contribution in [-0.2, 0) is 4.79 Å². The number of rotatable bonds is 2. The molecule has 2 N–H and O–H groups in total. The van der Waals surface area contributed by atoms with Crippen molar-refractivity contribution in [3.63, 3.8) is 0 Å². The lowest BCUT2D eigenvalue weighted by molar-refractivity contribution is -0.141. The Balaban J connectivity index is 1.94. The van der Waals surface area contributed by atoms with Gasteiger partial charge in [0.2, 0.25) is 0 Å². The van der Waals surface area contributed by atoms with E-state index in [0.717, 1.165) is 5.39 Å². The van der Waals surface area contributed by atoms with Crippen molar-refractivity contribution in [3.05, 3.63) is 35.8 Å². The average molecular weight is 249 g/mol. The summed E-state index contributed by atoms with van der Waals surface area (Å²) in [6, 6.07) is 4.59. The molecule has 5 heteroatoms. The van der Waals surface area contributed by atoms with E-state index < -0.39 is 11.9 Å². The minimum absolute atomic E-state index is 0.245. The molecule has 18 heavy (non-hydrogen) atoms. The minimum Gasteiger partial charge on any atom is -0.481 e. The highest BCUT2D eigenvalue weighted by Crippen LogP contribution is 2.31. The van der Waals surface area contributed by atoms with Gasteiger partial charge in [0.05, 0.1) is 12.2 Å². The normalized spacial score (nSPS) is 23.6. The van der Waals surface area contributed by atoms with Crippen LogP contribution in [0.5, 0.6) is 0 Å². The van der Waals surface area contributed by atoms with Gasteiger partial charge in [0.1, 0.15) is 11.4 Å². The summed E-state index contributed by atoms with van der Waals surface area (Å²) < 4.78 is 19.1. The Kier molecular flexibility index (Phi) is 2.56. The summed E-state index contributed by atoms with van der Waals surface area (Å²) in [5.74, 6) is -1.65. The molecule has 2 unspecified atom stereocenters. The van der Waals surface area contributed by atoms with Crippen LogP contribution in [0.25, 0.3) is 11.0 Å². The fourth-order valence-electron chi connectivity index (χ4n) is 2.43. The average Bonchev–Trinajstić information content (AvgIpc) is 2.94. The van der Waals surface area contributed by atoms with Crippen LogP contribution < -0.4 is 5.32 Å². The number of hydrogen-bond acceptors (Lipinski definition) is 3. The number of nitrogens with one attached hydrogen (secondary N) is 1. The van der Waals surface area contributed by atoms with E-state index in [1.165, 1.54) is 12.3 Å². The van der Waals surface area contributed by atoms with E-state index in [1.807, 2.05) is 0 Å². The van der Waals surface area contributed by atoms with Gasteiger partial charge in [-0.3, -0.25) is 4.79 Å². The van der Waals surface area contributed by atoms with E-state index in [-0.39, 0.29) is 11.9 Å². The van der Waals surface area contributed by atoms with Crippen LogP contribution in [0.3, 0.4) is 0 Å². The molecular weight excluding hydrogens is 237 g/mol. The van der Waals surface area contributed by atoms with E-state index in [2.05, 4.69) is 5.32 Å². The van der Waals surface area contributed by atoms with E-state index in [4.69, 9.17) is 9.52 Å². The van der Waals surface area contributed by atoms with Crippen molar-refractivity contribution in [3.8, 4) is 0 Å². The van der Waals surface area contributed by atoms with Crippen molar-refractivity contribution < 1.29 is 18.7 Å². The highest BCUT2D eigenvalue weighted by molar-refractivity contribution is 5.78. The third-order valence-corrected chi connectivity index (χ3v) is 3.43. The Morgan fingerprint density at radius 3 is 3.06 bits per heavy atom. The zero-order valence-corrected chi connectivity index (χ0v) is 9.52. The van der Waals surface area contributed by atoms with E-state index in [0.29, 0.717) is 24.1 Å². The molecule has 2 heterocycles. The SMILES string of the molecule is O=C(O)C1CNC(c2cc3ccoc3cc2F)C1. The van der Waals surface area contributed by atoms with Gasteiger partial charge in [0.15, 0.2) is 0 Å². The first kappa shape index (κ1) is 11.2. The van der Waals surface area contributed by atoms with Crippen molar-refractivity contribution in [2.75, 3.05) is 6.54 Å². The summed E-state index contributed by atoms with van der Waals surface area (Å²) in [5.41, 5.74) is 1.01. The quantitative estimate of drug-likeness (QED) is 0.857. The van der Waals surface area contributed by atoms with Crippen LogP contribution in [0.4, 0.5) is 4.39 Å². The number of carboxylic acids is 1. The first-order valence-electron chi connectivity index (χ1n) is 5.78. The number of fused-ring (bicyclic) bond motifs is 1. The molecule has 0 spiro atoms. The molecule has 0 amide bonds. The van der Waals surface area contributed by atoms with Gasteiger partial charge in [-0.2, -0.15) is 0 Å². The number of hydrogen-bond donors (Lipinski definition) is 2. The Bertz CT molecular complexity index is 607. The van der Waals surface area contributed by atoms with Gasteiger partial charge >= 0.3 is 5.97 Å². The highest BCUT2D eigenvalue weighted by Gasteiger charge is 2.31. The molecule has 0 saturated carbocycles. The number of furan rings is 1. The Hall–Kier alpha value is -1.88. The number of carboxylic acid groups (broad SMARTS) is 1. The summed E-state index contributed by atoms with van der Waals surface area (Å²) in [6.07, 6.45) is 1.92. The molecule has 3 rings (SSSR count). The molecule has 94 valence electrons. The van der Waals surface area contributed by atoms with Crippen LogP contribution in [0.1, 0.15) is 18.0 Å². The lowest BCUT2D eigenvalue weighted by atomic mass is 9.99. The zero-order chi connectivity index (χ0) is 12.7. The van der Waals surface area contributed by atoms with Crippen molar-refractivity contribution in [2.24, 2.45) is 5.92 Å². The maximum absolute atomic E-state index is 13.9. The third-order valence-electron chi connectivity index (χ3n) is 3.43. The molecule has 2 atom stereocenters. The summed E-state index contributed by atoms with van der Waals surface area (Å²) in [4.78, 5) is 10.9. The largest absolute Gasteiger partial charge is 0.481 e. The first-order valence-corrected chi connectivity index (χ1v) is 5.78. The summed E-state index contributed by atoms with van der Waals surface area (Å²) >= 11 is 0. The van der Waals surface area contributed by atoms with Crippen LogP contribution in [0.15, 0.2) is 28.9 Å². The van der Waals surface area contributed by atoms with E-state index in [9.17, 15) is 9.18 Å². The Morgan fingerprint density at radius 1 is 1.50 bits per heavy atom.